The molecule has 0 bridgehead atoms. The van der Waals surface area contributed by atoms with Crippen molar-refractivity contribution in [3.63, 3.8) is 0 Å². The molecule has 0 atom stereocenters. The summed E-state index contributed by atoms with van der Waals surface area (Å²) in [6.07, 6.45) is 5.51. The maximum Gasteiger partial charge on any atom is 0.258 e. The van der Waals surface area contributed by atoms with Crippen LogP contribution in [0.3, 0.4) is 0 Å². The van der Waals surface area contributed by atoms with Gasteiger partial charge >= 0.3 is 0 Å². The van der Waals surface area contributed by atoms with Crippen LogP contribution in [-0.2, 0) is 4.79 Å². The van der Waals surface area contributed by atoms with E-state index in [1.54, 1.807) is 6.07 Å². The molecule has 0 unspecified atom stereocenters. The molecule has 4 nitrogen and oxygen atoms in total. The van der Waals surface area contributed by atoms with Crippen molar-refractivity contribution in [1.29, 1.82) is 0 Å². The van der Waals surface area contributed by atoms with E-state index in [2.05, 4.69) is 5.32 Å². The van der Waals surface area contributed by atoms with Crippen molar-refractivity contribution in [2.75, 3.05) is 6.61 Å². The van der Waals surface area contributed by atoms with Gasteiger partial charge in [-0.2, -0.15) is 0 Å². The van der Waals surface area contributed by atoms with Gasteiger partial charge in [-0.1, -0.05) is 37.5 Å². The van der Waals surface area contributed by atoms with E-state index in [1.165, 1.54) is 18.6 Å². The van der Waals surface area contributed by atoms with E-state index < -0.39 is 5.82 Å². The lowest BCUT2D eigenvalue weighted by atomic mass is 9.95. The molecule has 21 heavy (non-hydrogen) atoms. The molecule has 0 saturated heterocycles. The second-order valence-corrected chi connectivity index (χ2v) is 5.61. The average Bonchev–Trinajstić information content (AvgIpc) is 2.45. The molecular formula is C15H19FN2O2S. The van der Waals surface area contributed by atoms with E-state index in [1.807, 2.05) is 0 Å². The highest BCUT2D eigenvalue weighted by Crippen LogP contribution is 2.21. The topological polar surface area (TPSA) is 64.3 Å². The summed E-state index contributed by atoms with van der Waals surface area (Å²) in [5, 5.41) is 2.93. The van der Waals surface area contributed by atoms with Crippen LogP contribution in [0, 0.1) is 5.82 Å². The fourth-order valence-corrected chi connectivity index (χ4v) is 2.72. The largest absolute Gasteiger partial charge is 0.483 e. The van der Waals surface area contributed by atoms with Crippen LogP contribution in [0.5, 0.6) is 5.75 Å². The number of thiocarbonyl (C=S) groups is 1. The van der Waals surface area contributed by atoms with Gasteiger partial charge in [0, 0.05) is 6.04 Å². The fourth-order valence-electron chi connectivity index (χ4n) is 2.52. The summed E-state index contributed by atoms with van der Waals surface area (Å²) in [6, 6.07) is 4.51. The number of carbonyl (C=O) groups excluding carboxylic acids is 1. The maximum atomic E-state index is 13.6. The first-order valence-corrected chi connectivity index (χ1v) is 7.49. The normalized spacial score (nSPS) is 15.5. The van der Waals surface area contributed by atoms with Crippen LogP contribution in [0.25, 0.3) is 0 Å². The summed E-state index contributed by atoms with van der Waals surface area (Å²) >= 11 is 4.80. The van der Waals surface area contributed by atoms with Crippen molar-refractivity contribution in [3.8, 4) is 5.75 Å². The van der Waals surface area contributed by atoms with Gasteiger partial charge in [0.25, 0.3) is 5.91 Å². The lowest BCUT2D eigenvalue weighted by molar-refractivity contribution is -0.124. The van der Waals surface area contributed by atoms with Crippen LogP contribution in [0.4, 0.5) is 4.39 Å². The third-order valence-electron chi connectivity index (χ3n) is 3.55. The van der Waals surface area contributed by atoms with Gasteiger partial charge in [-0.15, -0.1) is 0 Å². The highest BCUT2D eigenvalue weighted by molar-refractivity contribution is 7.80. The summed E-state index contributed by atoms with van der Waals surface area (Å²) in [5.74, 6) is -0.561. The minimum Gasteiger partial charge on any atom is -0.483 e. The molecule has 1 amide bonds. The van der Waals surface area contributed by atoms with Crippen molar-refractivity contribution in [3.05, 3.63) is 29.6 Å². The molecular weight excluding hydrogens is 291 g/mol. The summed E-state index contributed by atoms with van der Waals surface area (Å²) in [7, 11) is 0. The Balaban J connectivity index is 1.92. The molecule has 3 N–H and O–H groups in total. The molecule has 1 aromatic carbocycles. The highest BCUT2D eigenvalue weighted by Gasteiger charge is 2.17. The van der Waals surface area contributed by atoms with E-state index >= 15 is 0 Å². The number of carbonyl (C=O) groups is 1. The third-order valence-corrected chi connectivity index (χ3v) is 3.75. The number of nitrogens with two attached hydrogens (primary N) is 1. The lowest BCUT2D eigenvalue weighted by Gasteiger charge is -2.22. The molecule has 2 rings (SSSR count). The first-order chi connectivity index (χ1) is 10.1. The Labute approximate surface area is 128 Å². The van der Waals surface area contributed by atoms with Crippen molar-refractivity contribution in [1.82, 2.24) is 5.32 Å². The van der Waals surface area contributed by atoms with Gasteiger partial charge in [-0.3, -0.25) is 4.79 Å². The summed E-state index contributed by atoms with van der Waals surface area (Å²) in [6.45, 7) is -0.171. The molecule has 0 radical (unpaired) electrons. The van der Waals surface area contributed by atoms with Crippen molar-refractivity contribution >= 4 is 23.1 Å². The molecule has 1 aliphatic rings. The minimum absolute atomic E-state index is 0.0398. The SMILES string of the molecule is NC(=S)c1c(F)cccc1OCC(=O)NC1CCCCC1. The first kappa shape index (κ1) is 15.7. The lowest BCUT2D eigenvalue weighted by Crippen LogP contribution is -2.39. The molecule has 0 spiro atoms. The smallest absolute Gasteiger partial charge is 0.258 e. The predicted octanol–water partition coefficient (Wildman–Crippen LogP) is 2.29. The van der Waals surface area contributed by atoms with E-state index in [4.69, 9.17) is 22.7 Å². The second-order valence-electron chi connectivity index (χ2n) is 5.17. The molecule has 114 valence electrons. The fraction of sp³-hybridized carbons (Fsp3) is 0.467. The molecule has 1 saturated carbocycles. The van der Waals surface area contributed by atoms with E-state index in [-0.39, 0.29) is 34.9 Å². The number of nitrogens with one attached hydrogen (secondary N) is 1. The van der Waals surface area contributed by atoms with Crippen LogP contribution >= 0.6 is 12.2 Å². The Morgan fingerprint density at radius 1 is 1.38 bits per heavy atom. The van der Waals surface area contributed by atoms with Gasteiger partial charge < -0.3 is 15.8 Å². The number of rotatable bonds is 5. The van der Waals surface area contributed by atoms with Gasteiger partial charge in [0.15, 0.2) is 6.61 Å². The quantitative estimate of drug-likeness (QED) is 0.819. The van der Waals surface area contributed by atoms with Gasteiger partial charge in [0.2, 0.25) is 0 Å². The number of hydrogen-bond acceptors (Lipinski definition) is 3. The highest BCUT2D eigenvalue weighted by atomic mass is 32.1. The first-order valence-electron chi connectivity index (χ1n) is 7.08. The molecule has 1 aliphatic carbocycles. The summed E-state index contributed by atoms with van der Waals surface area (Å²) < 4.78 is 19.0. The van der Waals surface area contributed by atoms with Crippen LogP contribution in [0.2, 0.25) is 0 Å². The Hall–Kier alpha value is -1.69. The molecule has 1 aromatic rings. The molecule has 6 heteroatoms. The Morgan fingerprint density at radius 3 is 2.76 bits per heavy atom. The maximum absolute atomic E-state index is 13.6. The number of ether oxygens (including phenoxy) is 1. The van der Waals surface area contributed by atoms with E-state index in [9.17, 15) is 9.18 Å². The van der Waals surface area contributed by atoms with Gasteiger partial charge in [-0.25, -0.2) is 4.39 Å². The molecule has 0 aromatic heterocycles. The van der Waals surface area contributed by atoms with Gasteiger partial charge in [-0.05, 0) is 25.0 Å². The molecule has 0 aliphatic heterocycles. The number of benzene rings is 1. The number of amides is 1. The van der Waals surface area contributed by atoms with Crippen molar-refractivity contribution < 1.29 is 13.9 Å². The monoisotopic (exact) mass is 310 g/mol. The van der Waals surface area contributed by atoms with Crippen LogP contribution < -0.4 is 15.8 Å². The zero-order valence-electron chi connectivity index (χ0n) is 11.7. The second kappa shape index (κ2) is 7.36. The zero-order chi connectivity index (χ0) is 15.2. The van der Waals surface area contributed by atoms with Crippen LogP contribution in [-0.4, -0.2) is 23.5 Å². The molecule has 0 heterocycles. The zero-order valence-corrected chi connectivity index (χ0v) is 12.5. The Bertz CT molecular complexity index is 530. The van der Waals surface area contributed by atoms with Crippen molar-refractivity contribution in [2.45, 2.75) is 38.1 Å². The number of halogens is 1. The Morgan fingerprint density at radius 2 is 2.10 bits per heavy atom. The molecule has 1 fully saturated rings. The minimum atomic E-state index is -0.548. The Kier molecular flexibility index (Phi) is 5.50. The number of hydrogen-bond donors (Lipinski definition) is 2. The van der Waals surface area contributed by atoms with Gasteiger partial charge in [0.05, 0.1) is 5.56 Å². The van der Waals surface area contributed by atoms with Crippen LogP contribution in [0.15, 0.2) is 18.2 Å². The average molecular weight is 310 g/mol. The standard InChI is InChI=1S/C15H19FN2O2S/c16-11-7-4-8-12(14(11)15(17)21)20-9-13(19)18-10-5-2-1-3-6-10/h4,7-8,10H,1-3,5-6,9H2,(H2,17,21)(H,18,19). The predicted molar refractivity (Wildman–Crippen MR) is 82.8 cm³/mol. The van der Waals surface area contributed by atoms with Crippen LogP contribution in [0.1, 0.15) is 37.7 Å². The summed E-state index contributed by atoms with van der Waals surface area (Å²) in [5.41, 5.74) is 5.52. The van der Waals surface area contributed by atoms with E-state index in [0.717, 1.165) is 25.7 Å². The van der Waals surface area contributed by atoms with E-state index in [0.29, 0.717) is 0 Å². The van der Waals surface area contributed by atoms with Gasteiger partial charge in [0.1, 0.15) is 16.6 Å². The summed E-state index contributed by atoms with van der Waals surface area (Å²) in [4.78, 5) is 11.8. The third kappa shape index (κ3) is 4.39. The van der Waals surface area contributed by atoms with Crippen molar-refractivity contribution in [2.24, 2.45) is 5.73 Å².